The van der Waals surface area contributed by atoms with Gasteiger partial charge in [-0.05, 0) is 49.2 Å². The normalized spacial score (nSPS) is 20.1. The summed E-state index contributed by atoms with van der Waals surface area (Å²) in [5.41, 5.74) is 2.92. The lowest BCUT2D eigenvalue weighted by atomic mass is 10.0. The number of aromatic nitrogens is 1. The third-order valence-electron chi connectivity index (χ3n) is 7.58. The lowest BCUT2D eigenvalue weighted by molar-refractivity contribution is -0.136. The molecule has 9 nitrogen and oxygen atoms in total. The van der Waals surface area contributed by atoms with Crippen LogP contribution < -0.4 is 15.0 Å². The Morgan fingerprint density at radius 1 is 1.15 bits per heavy atom. The van der Waals surface area contributed by atoms with Gasteiger partial charge in [0.05, 0.1) is 28.9 Å². The van der Waals surface area contributed by atoms with Gasteiger partial charge in [-0.25, -0.2) is 9.37 Å². The number of halogens is 1. The summed E-state index contributed by atoms with van der Waals surface area (Å²) in [5.74, 6) is -0.809. The molecule has 4 heterocycles. The van der Waals surface area contributed by atoms with E-state index in [9.17, 15) is 18.8 Å². The van der Waals surface area contributed by atoms with Crippen LogP contribution in [0.4, 0.5) is 10.1 Å². The minimum Gasteiger partial charge on any atom is -0.488 e. The smallest absolute Gasteiger partial charge is 0.255 e. The third-order valence-corrected chi connectivity index (χ3v) is 8.78. The first-order chi connectivity index (χ1) is 19.9. The topological polar surface area (TPSA) is 116 Å². The van der Waals surface area contributed by atoms with Gasteiger partial charge in [-0.15, -0.1) is 11.8 Å². The molecule has 0 spiro atoms. The number of benzene rings is 2. The van der Waals surface area contributed by atoms with Gasteiger partial charge < -0.3 is 14.5 Å². The average Bonchev–Trinajstić information content (AvgIpc) is 3.57. The Labute approximate surface area is 240 Å². The molecular formula is C30H26FN5O4S. The van der Waals surface area contributed by atoms with Crippen LogP contribution in [0.5, 0.6) is 5.75 Å². The highest BCUT2D eigenvalue weighted by atomic mass is 32.2. The number of ether oxygens (including phenoxy) is 1. The molecule has 0 radical (unpaired) electrons. The van der Waals surface area contributed by atoms with Crippen molar-refractivity contribution in [2.45, 2.75) is 48.7 Å². The van der Waals surface area contributed by atoms with Crippen molar-refractivity contribution in [2.24, 2.45) is 0 Å². The number of anilines is 1. The largest absolute Gasteiger partial charge is 0.488 e. The second kappa shape index (κ2) is 11.2. The minimum absolute atomic E-state index is 0.204. The number of carbonyl (C=O) groups excluding carboxylic acids is 3. The summed E-state index contributed by atoms with van der Waals surface area (Å²) in [6, 6.07) is 15.0. The molecule has 2 aromatic carbocycles. The quantitative estimate of drug-likeness (QED) is 0.426. The van der Waals surface area contributed by atoms with E-state index in [4.69, 9.17) is 10.00 Å². The van der Waals surface area contributed by atoms with Gasteiger partial charge in [-0.2, -0.15) is 5.26 Å². The van der Waals surface area contributed by atoms with E-state index in [0.29, 0.717) is 35.5 Å². The van der Waals surface area contributed by atoms with Crippen molar-refractivity contribution in [2.75, 3.05) is 18.0 Å². The number of nitrogens with one attached hydrogen (secondary N) is 1. The predicted molar refractivity (Wildman–Crippen MR) is 149 cm³/mol. The van der Waals surface area contributed by atoms with E-state index in [1.54, 1.807) is 48.3 Å². The fourth-order valence-electron chi connectivity index (χ4n) is 5.47. The Morgan fingerprint density at radius 3 is 2.78 bits per heavy atom. The van der Waals surface area contributed by atoms with E-state index in [1.807, 2.05) is 23.1 Å². The first kappa shape index (κ1) is 26.8. The number of amides is 3. The van der Waals surface area contributed by atoms with Crippen molar-refractivity contribution in [3.8, 4) is 11.8 Å². The maximum Gasteiger partial charge on any atom is 0.255 e. The third kappa shape index (κ3) is 5.47. The van der Waals surface area contributed by atoms with Crippen molar-refractivity contribution in [3.05, 3.63) is 82.8 Å². The molecule has 1 N–H and O–H groups in total. The van der Waals surface area contributed by atoms with E-state index in [2.05, 4.69) is 10.3 Å². The van der Waals surface area contributed by atoms with Crippen LogP contribution in [0, 0.1) is 17.1 Å². The van der Waals surface area contributed by atoms with Crippen LogP contribution in [0.25, 0.3) is 0 Å². The lowest BCUT2D eigenvalue weighted by Gasteiger charge is -2.29. The Hall–Kier alpha value is -4.43. The zero-order chi connectivity index (χ0) is 28.5. The van der Waals surface area contributed by atoms with Crippen LogP contribution in [0.2, 0.25) is 0 Å². The number of hydrogen-bond donors (Lipinski definition) is 1. The Kier molecular flexibility index (Phi) is 7.32. The van der Waals surface area contributed by atoms with Crippen LogP contribution in [-0.2, 0) is 22.7 Å². The summed E-state index contributed by atoms with van der Waals surface area (Å²) in [7, 11) is 0. The molecule has 6 rings (SSSR count). The number of thioether (sulfide) groups is 1. The number of nitrogens with zero attached hydrogens (tertiary/aromatic N) is 4. The molecule has 0 saturated carbocycles. The molecule has 1 aromatic heterocycles. The maximum absolute atomic E-state index is 14.4. The molecule has 3 amide bonds. The monoisotopic (exact) mass is 571 g/mol. The summed E-state index contributed by atoms with van der Waals surface area (Å²) in [6.07, 6.45) is 3.17. The summed E-state index contributed by atoms with van der Waals surface area (Å²) in [4.78, 5) is 45.0. The second-order valence-electron chi connectivity index (χ2n) is 10.2. The van der Waals surface area contributed by atoms with E-state index < -0.39 is 11.9 Å². The van der Waals surface area contributed by atoms with E-state index in [1.165, 1.54) is 11.0 Å². The molecule has 2 saturated heterocycles. The Bertz CT molecular complexity index is 1570. The molecule has 2 unspecified atom stereocenters. The number of carbonyl (C=O) groups is 3. The van der Waals surface area contributed by atoms with E-state index in [0.717, 1.165) is 29.1 Å². The van der Waals surface area contributed by atoms with E-state index >= 15 is 0 Å². The highest BCUT2D eigenvalue weighted by molar-refractivity contribution is 7.99. The van der Waals surface area contributed by atoms with Crippen LogP contribution in [0.1, 0.15) is 46.3 Å². The molecule has 0 aliphatic carbocycles. The highest BCUT2D eigenvalue weighted by Crippen LogP contribution is 2.35. The molecule has 208 valence electrons. The molecule has 41 heavy (non-hydrogen) atoms. The first-order valence-electron chi connectivity index (χ1n) is 13.3. The minimum atomic E-state index is -0.676. The molecule has 11 heteroatoms. The summed E-state index contributed by atoms with van der Waals surface area (Å²) >= 11 is 1.65. The van der Waals surface area contributed by atoms with Crippen LogP contribution >= 0.6 is 11.8 Å². The number of fused-ring (bicyclic) bond motifs is 1. The molecule has 3 aliphatic rings. The number of nitriles is 1. The lowest BCUT2D eigenvalue weighted by Crippen LogP contribution is -2.52. The summed E-state index contributed by atoms with van der Waals surface area (Å²) in [5, 5.41) is 12.4. The van der Waals surface area contributed by atoms with Gasteiger partial charge in [0, 0.05) is 47.6 Å². The predicted octanol–water partition coefficient (Wildman–Crippen LogP) is 3.80. The van der Waals surface area contributed by atoms with Crippen molar-refractivity contribution >= 4 is 35.2 Å². The average molecular weight is 572 g/mol. The van der Waals surface area contributed by atoms with Crippen molar-refractivity contribution in [3.63, 3.8) is 0 Å². The molecule has 2 fully saturated rings. The van der Waals surface area contributed by atoms with Gasteiger partial charge in [0.1, 0.15) is 24.2 Å². The van der Waals surface area contributed by atoms with Gasteiger partial charge in [0.15, 0.2) is 0 Å². The van der Waals surface area contributed by atoms with Gasteiger partial charge in [-0.1, -0.05) is 12.1 Å². The zero-order valence-corrected chi connectivity index (χ0v) is 22.8. The van der Waals surface area contributed by atoms with Crippen molar-refractivity contribution in [1.29, 1.82) is 5.26 Å². The summed E-state index contributed by atoms with van der Waals surface area (Å²) < 4.78 is 20.5. The maximum atomic E-state index is 14.4. The fraction of sp³-hybridized carbons (Fsp3) is 0.300. The Balaban J connectivity index is 1.05. The first-order valence-corrected chi connectivity index (χ1v) is 14.2. The van der Waals surface area contributed by atoms with Gasteiger partial charge in [-0.3, -0.25) is 19.7 Å². The Morgan fingerprint density at radius 2 is 2.02 bits per heavy atom. The van der Waals surface area contributed by atoms with Gasteiger partial charge >= 0.3 is 0 Å². The van der Waals surface area contributed by atoms with Crippen LogP contribution in [0.3, 0.4) is 0 Å². The molecule has 0 bridgehead atoms. The highest BCUT2D eigenvalue weighted by Gasteiger charge is 2.40. The molecule has 3 aliphatic heterocycles. The van der Waals surface area contributed by atoms with Crippen LogP contribution in [-0.4, -0.2) is 52.0 Å². The molecular weight excluding hydrogens is 545 g/mol. The standard InChI is InChI=1S/C30H26FN5O4S/c31-23-12-18(13-32)4-6-24(23)35-11-10-20(15-35)41-28-9-5-19(14-33-28)17-40-26-3-1-2-21-22(26)16-36(30(21)39)25-7-8-27(37)34-29(25)38/h1-6,9,12,14,20,25H,7-8,10-11,15-17H2,(H,34,37,38). The molecule has 3 aromatic rings. The zero-order valence-electron chi connectivity index (χ0n) is 22.0. The fourth-order valence-corrected chi connectivity index (χ4v) is 6.55. The number of rotatable bonds is 7. The number of imide groups is 1. The molecule has 2 atom stereocenters. The summed E-state index contributed by atoms with van der Waals surface area (Å²) in [6.45, 7) is 1.93. The number of piperidine rings is 1. The van der Waals surface area contributed by atoms with Crippen molar-refractivity contribution < 1.29 is 23.5 Å². The van der Waals surface area contributed by atoms with Crippen molar-refractivity contribution in [1.82, 2.24) is 15.2 Å². The second-order valence-corrected chi connectivity index (χ2v) is 11.5. The van der Waals surface area contributed by atoms with Gasteiger partial charge in [0.2, 0.25) is 11.8 Å². The van der Waals surface area contributed by atoms with Gasteiger partial charge in [0.25, 0.3) is 5.91 Å². The number of pyridine rings is 1. The van der Waals surface area contributed by atoms with E-state index in [-0.39, 0.29) is 42.5 Å². The SMILES string of the molecule is N#Cc1ccc(N2CCC(Sc3ccc(COc4cccc5c4CN(C4CCC(=O)NC4=O)C5=O)cn3)C2)c(F)c1. The van der Waals surface area contributed by atoms with Crippen LogP contribution in [0.15, 0.2) is 59.8 Å². The number of hydrogen-bond acceptors (Lipinski definition) is 8.